The first-order valence-electron chi connectivity index (χ1n) is 16.3. The van der Waals surface area contributed by atoms with E-state index in [9.17, 15) is 9.50 Å². The molecule has 2 bridgehead atoms. The molecule has 2 aromatic carbocycles. The molecular weight excluding hydrogens is 531 g/mol. The third-order valence-corrected chi connectivity index (χ3v) is 10.0. The van der Waals surface area contributed by atoms with E-state index in [0.29, 0.717) is 48.1 Å². The number of ether oxygens (including phenoxy) is 1. The highest BCUT2D eigenvalue weighted by Gasteiger charge is 2.45. The fraction of sp³-hybridized carbons (Fsp3) is 0.515. The summed E-state index contributed by atoms with van der Waals surface area (Å²) in [5.74, 6) is 2.93. The Kier molecular flexibility index (Phi) is 5.69. The van der Waals surface area contributed by atoms with Crippen LogP contribution in [0.3, 0.4) is 0 Å². The number of benzene rings is 2. The third kappa shape index (κ3) is 4.26. The van der Waals surface area contributed by atoms with Gasteiger partial charge in [0.25, 0.3) is 0 Å². The lowest BCUT2D eigenvalue weighted by atomic mass is 9.95. The first-order valence-corrected chi connectivity index (χ1v) is 15.3. The third-order valence-electron chi connectivity index (χ3n) is 10.0. The van der Waals surface area contributed by atoms with Crippen LogP contribution in [-0.4, -0.2) is 76.9 Å². The first-order chi connectivity index (χ1) is 21.2. The van der Waals surface area contributed by atoms with Crippen LogP contribution < -0.4 is 19.9 Å². The Morgan fingerprint density at radius 2 is 1.90 bits per heavy atom. The summed E-state index contributed by atoms with van der Waals surface area (Å²) < 4.78 is 39.4. The zero-order valence-electron chi connectivity index (χ0n) is 25.7. The predicted molar refractivity (Wildman–Crippen MR) is 161 cm³/mol. The van der Waals surface area contributed by atoms with E-state index in [1.807, 2.05) is 0 Å². The van der Waals surface area contributed by atoms with Crippen LogP contribution in [0.5, 0.6) is 11.8 Å². The van der Waals surface area contributed by atoms with Crippen LogP contribution >= 0.6 is 0 Å². The second kappa shape index (κ2) is 9.99. The van der Waals surface area contributed by atoms with Crippen LogP contribution in [0.4, 0.5) is 15.9 Å². The Bertz CT molecular complexity index is 1670. The molecule has 8 rings (SSSR count). The lowest BCUT2D eigenvalue weighted by molar-refractivity contribution is 0.107. The summed E-state index contributed by atoms with van der Waals surface area (Å²) in [6.07, 6.45) is 12.1. The van der Waals surface area contributed by atoms with Crippen molar-refractivity contribution in [2.24, 2.45) is 0 Å². The van der Waals surface area contributed by atoms with E-state index in [0.717, 1.165) is 81.8 Å². The maximum Gasteiger partial charge on any atom is 0.318 e. The Hall–Kier alpha value is -3.61. The molecule has 0 spiro atoms. The molecule has 3 aromatic rings. The van der Waals surface area contributed by atoms with Gasteiger partial charge in [-0.3, -0.25) is 4.90 Å². The molecule has 0 saturated carbocycles. The molecule has 4 saturated heterocycles. The van der Waals surface area contributed by atoms with Gasteiger partial charge in [-0.25, -0.2) is 4.39 Å². The number of anilines is 2. The second-order valence-corrected chi connectivity index (χ2v) is 12.5. The fourth-order valence-electron chi connectivity index (χ4n) is 8.08. The molecule has 9 heteroatoms. The monoisotopic (exact) mass is 570 g/mol. The molecule has 218 valence electrons. The summed E-state index contributed by atoms with van der Waals surface area (Å²) in [7, 11) is 0. The highest BCUT2D eigenvalue weighted by molar-refractivity contribution is 6.00. The predicted octanol–water partition coefficient (Wildman–Crippen LogP) is 3.97. The topological polar surface area (TPSA) is 77.0 Å². The molecule has 5 aliphatic rings. The molecule has 6 heterocycles. The number of hydrogen-bond donors (Lipinski definition) is 2. The first kappa shape index (κ1) is 23.9. The van der Waals surface area contributed by atoms with Crippen LogP contribution in [0.15, 0.2) is 24.3 Å². The lowest BCUT2D eigenvalue weighted by Gasteiger charge is -2.38. The van der Waals surface area contributed by atoms with Gasteiger partial charge in [0.05, 0.1) is 26.1 Å². The van der Waals surface area contributed by atoms with Crippen molar-refractivity contribution in [1.82, 2.24) is 20.2 Å². The molecule has 4 fully saturated rings. The highest BCUT2D eigenvalue weighted by atomic mass is 19.1. The minimum absolute atomic E-state index is 0.0562. The van der Waals surface area contributed by atoms with Gasteiger partial charge >= 0.3 is 6.01 Å². The largest absolute Gasteiger partial charge is 0.508 e. The van der Waals surface area contributed by atoms with Gasteiger partial charge in [0.15, 0.2) is 0 Å². The minimum Gasteiger partial charge on any atom is -0.508 e. The molecule has 0 unspecified atom stereocenters. The van der Waals surface area contributed by atoms with E-state index in [-0.39, 0.29) is 17.3 Å². The number of phenols is 1. The van der Waals surface area contributed by atoms with E-state index in [4.69, 9.17) is 23.9 Å². The van der Waals surface area contributed by atoms with Crippen molar-refractivity contribution in [2.45, 2.75) is 69.1 Å². The van der Waals surface area contributed by atoms with E-state index in [2.05, 4.69) is 25.9 Å². The Balaban J connectivity index is 1.20. The maximum atomic E-state index is 14.9. The molecule has 42 heavy (non-hydrogen) atoms. The van der Waals surface area contributed by atoms with Crippen molar-refractivity contribution < 1.29 is 17.0 Å². The highest BCUT2D eigenvalue weighted by Crippen LogP contribution is 2.41. The van der Waals surface area contributed by atoms with E-state index in [1.54, 1.807) is 18.2 Å². The van der Waals surface area contributed by atoms with Gasteiger partial charge in [-0.1, -0.05) is 12.0 Å². The molecule has 8 nitrogen and oxygen atoms in total. The number of rotatable bonds is 5. The number of phenolic OH excluding ortho intramolecular Hbond substituents is 1. The number of terminal acetylenes is 1. The Labute approximate surface area is 248 Å². The fourth-order valence-corrected chi connectivity index (χ4v) is 8.08. The lowest BCUT2D eigenvalue weighted by Crippen LogP contribution is -2.52. The number of aromatic hydroxyl groups is 1. The molecule has 2 atom stereocenters. The van der Waals surface area contributed by atoms with E-state index in [1.165, 1.54) is 6.07 Å². The van der Waals surface area contributed by atoms with Crippen molar-refractivity contribution in [3.63, 3.8) is 0 Å². The molecule has 1 aromatic heterocycles. The summed E-state index contributed by atoms with van der Waals surface area (Å²) >= 11 is 0. The summed E-state index contributed by atoms with van der Waals surface area (Å²) in [5.41, 5.74) is 1.92. The van der Waals surface area contributed by atoms with Crippen LogP contribution in [0.2, 0.25) is 0 Å². The number of halogens is 1. The Morgan fingerprint density at radius 1 is 1.12 bits per heavy atom. The van der Waals surface area contributed by atoms with Gasteiger partial charge in [0.1, 0.15) is 23.9 Å². The smallest absolute Gasteiger partial charge is 0.318 e. The number of piperazine rings is 1. The normalized spacial score (nSPS) is 25.6. The summed E-state index contributed by atoms with van der Waals surface area (Å²) in [5, 5.41) is 15.5. The summed E-state index contributed by atoms with van der Waals surface area (Å²) in [6, 6.07) is 7.05. The van der Waals surface area contributed by atoms with Gasteiger partial charge in [-0.05, 0) is 75.6 Å². The van der Waals surface area contributed by atoms with Gasteiger partial charge in [0.2, 0.25) is 0 Å². The number of fused-ring (bicyclic) bond motifs is 5. The van der Waals surface area contributed by atoms with Gasteiger partial charge in [0, 0.05) is 54.4 Å². The molecule has 0 radical (unpaired) electrons. The summed E-state index contributed by atoms with van der Waals surface area (Å²) in [4.78, 5) is 16.5. The minimum atomic E-state index is -1.96. The van der Waals surface area contributed by atoms with Crippen molar-refractivity contribution in [1.29, 1.82) is 0 Å². The standard InChI is InChI=1S/C33H37FN6O2/c1-2-25-27(34)8-5-21-15-24(41)16-29(30(21)25)38-14-9-26-28(19-38)36-32(42-20-33-10-3-12-40(33)13-4-11-33)37-31(26)39-17-22-6-7-23(18-39)35-22/h1,5,8,15-16,22-23,35,41H,3-4,6-7,9-14,17-20H2/t22-,23+/i20D2. The van der Waals surface area contributed by atoms with Crippen LogP contribution in [0, 0.1) is 18.2 Å². The van der Waals surface area contributed by atoms with Crippen LogP contribution in [-0.2, 0) is 13.0 Å². The molecule has 0 amide bonds. The van der Waals surface area contributed by atoms with Gasteiger partial charge < -0.3 is 25.0 Å². The molecule has 2 N–H and O–H groups in total. The van der Waals surface area contributed by atoms with E-state index < -0.39 is 17.9 Å². The zero-order valence-corrected chi connectivity index (χ0v) is 23.7. The molecule has 0 aliphatic carbocycles. The van der Waals surface area contributed by atoms with Gasteiger partial charge in [-0.2, -0.15) is 9.97 Å². The molecular formula is C33H37FN6O2. The zero-order chi connectivity index (χ0) is 30.2. The van der Waals surface area contributed by atoms with Crippen molar-refractivity contribution in [3.8, 4) is 24.1 Å². The van der Waals surface area contributed by atoms with Gasteiger partial charge in [-0.15, -0.1) is 6.42 Å². The Morgan fingerprint density at radius 3 is 2.67 bits per heavy atom. The average Bonchev–Trinajstić information content (AvgIpc) is 3.71. The second-order valence-electron chi connectivity index (χ2n) is 12.5. The SMILES string of the molecule is [2H]C([2H])(Oc1nc2c(c(N3C[C@H]4CC[C@@H](C3)N4)n1)CCN(c1cc(O)cc3ccc(F)c(C#C)c13)C2)C12CCCN1CCC2. The van der Waals surface area contributed by atoms with Crippen molar-refractivity contribution in [3.05, 3.63) is 46.9 Å². The maximum absolute atomic E-state index is 14.9. The molecule has 5 aliphatic heterocycles. The van der Waals surface area contributed by atoms with Crippen molar-refractivity contribution >= 4 is 22.3 Å². The van der Waals surface area contributed by atoms with E-state index >= 15 is 0 Å². The van der Waals surface area contributed by atoms with Crippen LogP contribution in [0.1, 0.15) is 58.1 Å². The number of nitrogens with zero attached hydrogens (tertiary/aromatic N) is 5. The average molecular weight is 571 g/mol. The van der Waals surface area contributed by atoms with Crippen LogP contribution in [0.25, 0.3) is 10.8 Å². The van der Waals surface area contributed by atoms with Crippen molar-refractivity contribution in [2.75, 3.05) is 49.1 Å². The number of hydrogen-bond acceptors (Lipinski definition) is 8. The number of aromatic nitrogens is 2. The quantitative estimate of drug-likeness (QED) is 0.447. The summed E-state index contributed by atoms with van der Waals surface area (Å²) in [6.45, 7) is 2.43. The number of nitrogens with one attached hydrogen (secondary N) is 1.